The molecular weight excluding hydrogens is 442 g/mol. The highest BCUT2D eigenvalue weighted by atomic mass is 32.2. The number of hydrogen-bond acceptors (Lipinski definition) is 7. The maximum absolute atomic E-state index is 12.9. The van der Waals surface area contributed by atoms with E-state index in [1.54, 1.807) is 43.2 Å². The van der Waals surface area contributed by atoms with Crippen LogP contribution in [-0.4, -0.2) is 34.6 Å². The van der Waals surface area contributed by atoms with Gasteiger partial charge in [-0.2, -0.15) is 0 Å². The Labute approximate surface area is 194 Å². The Hall–Kier alpha value is -3.85. The largest absolute Gasteiger partial charge is 0.497 e. The number of furan rings is 1. The molecule has 1 amide bonds. The fourth-order valence-corrected chi connectivity index (χ4v) is 4.42. The van der Waals surface area contributed by atoms with E-state index in [0.29, 0.717) is 28.1 Å². The Morgan fingerprint density at radius 1 is 1.18 bits per heavy atom. The van der Waals surface area contributed by atoms with E-state index in [4.69, 9.17) is 9.15 Å². The quantitative estimate of drug-likeness (QED) is 0.260. The summed E-state index contributed by atoms with van der Waals surface area (Å²) in [5, 5.41) is 11.6. The van der Waals surface area contributed by atoms with Crippen molar-refractivity contribution in [3.63, 3.8) is 0 Å². The van der Waals surface area contributed by atoms with Crippen LogP contribution in [0, 0.1) is 17.0 Å². The number of hydrogen-bond donors (Lipinski definition) is 0. The van der Waals surface area contributed by atoms with Gasteiger partial charge in [0.2, 0.25) is 0 Å². The van der Waals surface area contributed by atoms with Crippen molar-refractivity contribution < 1.29 is 18.9 Å². The zero-order valence-corrected chi connectivity index (χ0v) is 19.1. The molecule has 3 aromatic rings. The van der Waals surface area contributed by atoms with E-state index in [9.17, 15) is 14.9 Å². The number of amides is 1. The van der Waals surface area contributed by atoms with Gasteiger partial charge >= 0.3 is 0 Å². The van der Waals surface area contributed by atoms with Crippen molar-refractivity contribution >= 4 is 40.3 Å². The topological polar surface area (TPSA) is 98.2 Å². The number of nitrogens with zero attached hydrogens (tertiary/aromatic N) is 3. The summed E-state index contributed by atoms with van der Waals surface area (Å²) in [6.45, 7) is 4.18. The van der Waals surface area contributed by atoms with Crippen LogP contribution in [0.5, 0.6) is 5.75 Å². The number of non-ortho nitro benzene ring substituents is 1. The molecule has 8 nitrogen and oxygen atoms in total. The lowest BCUT2D eigenvalue weighted by molar-refractivity contribution is -0.384. The molecule has 0 unspecified atom stereocenters. The monoisotopic (exact) mass is 463 g/mol. The lowest BCUT2D eigenvalue weighted by atomic mass is 10.1. The molecule has 2 aromatic carbocycles. The molecule has 1 aliphatic heterocycles. The highest BCUT2D eigenvalue weighted by Gasteiger charge is 2.32. The predicted molar refractivity (Wildman–Crippen MR) is 129 cm³/mol. The number of nitro groups is 1. The Morgan fingerprint density at radius 2 is 1.94 bits per heavy atom. The molecule has 4 rings (SSSR count). The Kier molecular flexibility index (Phi) is 6.32. The van der Waals surface area contributed by atoms with Gasteiger partial charge < -0.3 is 9.15 Å². The predicted octanol–water partition coefficient (Wildman–Crippen LogP) is 5.80. The Morgan fingerprint density at radius 3 is 2.58 bits per heavy atom. The second-order valence-electron chi connectivity index (χ2n) is 7.21. The van der Waals surface area contributed by atoms with Crippen molar-refractivity contribution in [1.29, 1.82) is 0 Å². The number of methoxy groups -OCH3 is 1. The van der Waals surface area contributed by atoms with Gasteiger partial charge in [0.25, 0.3) is 11.6 Å². The molecule has 0 bridgehead atoms. The molecule has 0 saturated carbocycles. The normalized spacial score (nSPS) is 16.1. The van der Waals surface area contributed by atoms with E-state index in [0.717, 1.165) is 22.6 Å². The van der Waals surface area contributed by atoms with Crippen LogP contribution in [0.25, 0.3) is 17.4 Å². The molecule has 2 heterocycles. The first kappa shape index (κ1) is 22.3. The summed E-state index contributed by atoms with van der Waals surface area (Å²) < 4.78 is 11.1. The minimum atomic E-state index is -0.428. The second kappa shape index (κ2) is 9.33. The van der Waals surface area contributed by atoms with Gasteiger partial charge in [0.15, 0.2) is 5.17 Å². The van der Waals surface area contributed by atoms with E-state index in [1.165, 1.54) is 23.9 Å². The van der Waals surface area contributed by atoms with Crippen LogP contribution in [0.15, 0.2) is 68.9 Å². The van der Waals surface area contributed by atoms with Crippen molar-refractivity contribution in [3.8, 4) is 17.1 Å². The zero-order chi connectivity index (χ0) is 23.5. The van der Waals surface area contributed by atoms with Crippen LogP contribution in [-0.2, 0) is 4.79 Å². The van der Waals surface area contributed by atoms with E-state index >= 15 is 0 Å². The summed E-state index contributed by atoms with van der Waals surface area (Å²) in [7, 11) is 1.60. The summed E-state index contributed by atoms with van der Waals surface area (Å²) >= 11 is 1.29. The van der Waals surface area contributed by atoms with Gasteiger partial charge in [-0.1, -0.05) is 0 Å². The molecule has 1 saturated heterocycles. The first-order valence-electron chi connectivity index (χ1n) is 10.2. The number of nitro benzene ring substituents is 1. The number of likely N-dealkylation sites (N-methyl/N-ethyl adjacent to an activating group) is 1. The first-order chi connectivity index (χ1) is 15.9. The summed E-state index contributed by atoms with van der Waals surface area (Å²) in [5.74, 6) is 1.68. The molecule has 0 radical (unpaired) electrons. The Balaban J connectivity index is 1.59. The third-order valence-electron chi connectivity index (χ3n) is 5.09. The molecule has 9 heteroatoms. The fourth-order valence-electron chi connectivity index (χ4n) is 3.38. The smallest absolute Gasteiger partial charge is 0.269 e. The number of amidine groups is 1. The number of ether oxygens (including phenoxy) is 1. The first-order valence-corrected chi connectivity index (χ1v) is 11.0. The average Bonchev–Trinajstić information content (AvgIpc) is 3.38. The third-order valence-corrected chi connectivity index (χ3v) is 6.09. The van der Waals surface area contributed by atoms with Crippen LogP contribution < -0.4 is 4.74 Å². The second-order valence-corrected chi connectivity index (χ2v) is 8.22. The minimum Gasteiger partial charge on any atom is -0.497 e. The van der Waals surface area contributed by atoms with E-state index in [-0.39, 0.29) is 11.6 Å². The molecule has 1 aromatic heterocycles. The third kappa shape index (κ3) is 4.68. The molecule has 0 atom stereocenters. The summed E-state index contributed by atoms with van der Waals surface area (Å²) in [6.07, 6.45) is 1.69. The number of carbonyl (C=O) groups excluding carboxylic acids is 1. The summed E-state index contributed by atoms with van der Waals surface area (Å²) in [6, 6.07) is 15.5. The van der Waals surface area contributed by atoms with Crippen molar-refractivity contribution in [1.82, 2.24) is 4.90 Å². The van der Waals surface area contributed by atoms with Crippen molar-refractivity contribution in [2.45, 2.75) is 13.8 Å². The van der Waals surface area contributed by atoms with E-state index in [1.807, 2.05) is 31.2 Å². The number of rotatable bonds is 6. The molecular formula is C24H21N3O5S. The molecule has 1 fully saturated rings. The lowest BCUT2D eigenvalue weighted by Gasteiger charge is -2.12. The van der Waals surface area contributed by atoms with Gasteiger partial charge in [0.1, 0.15) is 17.3 Å². The lowest BCUT2D eigenvalue weighted by Crippen LogP contribution is -2.28. The van der Waals surface area contributed by atoms with Gasteiger partial charge in [-0.05, 0) is 73.6 Å². The van der Waals surface area contributed by atoms with Crippen molar-refractivity contribution in [2.24, 2.45) is 4.99 Å². The molecule has 0 spiro atoms. The number of aryl methyl sites for hydroxylation is 1. The molecule has 33 heavy (non-hydrogen) atoms. The number of carbonyl (C=O) groups is 1. The van der Waals surface area contributed by atoms with Crippen LogP contribution in [0.1, 0.15) is 18.2 Å². The average molecular weight is 464 g/mol. The summed E-state index contributed by atoms with van der Waals surface area (Å²) in [5.41, 5.74) is 2.24. The van der Waals surface area contributed by atoms with Gasteiger partial charge in [-0.15, -0.1) is 0 Å². The summed E-state index contributed by atoms with van der Waals surface area (Å²) in [4.78, 5) is 30.2. The van der Waals surface area contributed by atoms with Crippen LogP contribution in [0.3, 0.4) is 0 Å². The SMILES string of the molecule is CCN1C(=O)/C(=C/c2ccc(-c3ccc([N+](=O)[O-])cc3C)o2)SC1=Nc1ccc(OC)cc1. The maximum atomic E-state index is 12.9. The molecule has 168 valence electrons. The van der Waals surface area contributed by atoms with E-state index < -0.39 is 4.92 Å². The van der Waals surface area contributed by atoms with Gasteiger partial charge in [-0.25, -0.2) is 4.99 Å². The van der Waals surface area contributed by atoms with Gasteiger partial charge in [0.05, 0.1) is 22.6 Å². The number of aliphatic imine (C=N–C) groups is 1. The van der Waals surface area contributed by atoms with Crippen LogP contribution in [0.4, 0.5) is 11.4 Å². The van der Waals surface area contributed by atoms with Crippen molar-refractivity contribution in [2.75, 3.05) is 13.7 Å². The minimum absolute atomic E-state index is 0.0291. The number of benzene rings is 2. The maximum Gasteiger partial charge on any atom is 0.269 e. The molecule has 0 aliphatic carbocycles. The highest BCUT2D eigenvalue weighted by molar-refractivity contribution is 8.18. The van der Waals surface area contributed by atoms with Gasteiger partial charge in [0, 0.05) is 30.3 Å². The molecule has 1 aliphatic rings. The van der Waals surface area contributed by atoms with E-state index in [2.05, 4.69) is 4.99 Å². The standard InChI is InChI=1S/C24H21N3O5S/c1-4-26-23(28)22(33-24(26)25-16-5-8-18(31-3)9-6-16)14-19-10-12-21(32-19)20-11-7-17(27(29)30)13-15(20)2/h5-14H,4H2,1-3H3/b22-14-,25-24?. The van der Waals surface area contributed by atoms with Crippen LogP contribution >= 0.6 is 11.8 Å². The van der Waals surface area contributed by atoms with Crippen molar-refractivity contribution in [3.05, 3.63) is 80.9 Å². The fraction of sp³-hybridized carbons (Fsp3) is 0.167. The van der Waals surface area contributed by atoms with Crippen LogP contribution in [0.2, 0.25) is 0 Å². The number of thioether (sulfide) groups is 1. The molecule has 0 N–H and O–H groups in total. The Bertz CT molecular complexity index is 1280. The highest BCUT2D eigenvalue weighted by Crippen LogP contribution is 2.35. The van der Waals surface area contributed by atoms with Gasteiger partial charge in [-0.3, -0.25) is 19.8 Å². The zero-order valence-electron chi connectivity index (χ0n) is 18.3.